The summed E-state index contributed by atoms with van der Waals surface area (Å²) in [6.45, 7) is 8.93. The molecule has 2 aromatic rings. The van der Waals surface area contributed by atoms with Crippen LogP contribution in [0.25, 0.3) is 11.0 Å². The summed E-state index contributed by atoms with van der Waals surface area (Å²) in [4.78, 5) is 22.3. The third-order valence-corrected chi connectivity index (χ3v) is 4.33. The van der Waals surface area contributed by atoms with Gasteiger partial charge in [0.15, 0.2) is 0 Å². The van der Waals surface area contributed by atoms with Crippen molar-refractivity contribution in [3.05, 3.63) is 23.0 Å². The lowest BCUT2D eigenvalue weighted by Gasteiger charge is -2.30. The fourth-order valence-corrected chi connectivity index (χ4v) is 3.26. The average molecular weight is 345 g/mol. The molecule has 0 unspecified atom stereocenters. The van der Waals surface area contributed by atoms with E-state index >= 15 is 0 Å². The van der Waals surface area contributed by atoms with Crippen LogP contribution in [0.4, 0.5) is 4.79 Å². The number of fused-ring (bicyclic) bond motifs is 3. The maximum atomic E-state index is 12.4. The lowest BCUT2D eigenvalue weighted by Crippen LogP contribution is -2.39. The van der Waals surface area contributed by atoms with Gasteiger partial charge in [-0.25, -0.2) is 9.78 Å². The van der Waals surface area contributed by atoms with Gasteiger partial charge in [-0.05, 0) is 27.2 Å². The number of hydrogen-bond donors (Lipinski definition) is 1. The van der Waals surface area contributed by atoms with Crippen LogP contribution in [-0.4, -0.2) is 40.2 Å². The number of nitrogens with one attached hydrogen (secondary N) is 1. The van der Waals surface area contributed by atoms with Crippen molar-refractivity contribution in [2.45, 2.75) is 59.1 Å². The first-order valence-electron chi connectivity index (χ1n) is 8.87. The van der Waals surface area contributed by atoms with Gasteiger partial charge in [0, 0.05) is 36.0 Å². The van der Waals surface area contributed by atoms with Gasteiger partial charge in [0.05, 0.1) is 19.0 Å². The number of aryl methyl sites for hydroxylation is 1. The van der Waals surface area contributed by atoms with E-state index in [0.29, 0.717) is 13.1 Å². The van der Waals surface area contributed by atoms with Crippen LogP contribution in [0.5, 0.6) is 5.75 Å². The molecule has 0 saturated heterocycles. The fraction of sp³-hybridized carbons (Fsp3) is 0.579. The molecule has 1 N–H and O–H groups in total. The Labute approximate surface area is 148 Å². The first-order valence-corrected chi connectivity index (χ1v) is 8.87. The molecule has 6 heteroatoms. The lowest BCUT2D eigenvalue weighted by atomic mass is 10.0. The van der Waals surface area contributed by atoms with Crippen LogP contribution in [-0.2, 0) is 24.1 Å². The molecule has 0 fully saturated rings. The molecule has 25 heavy (non-hydrogen) atoms. The van der Waals surface area contributed by atoms with E-state index in [9.17, 15) is 4.79 Å². The maximum Gasteiger partial charge on any atom is 0.410 e. The summed E-state index contributed by atoms with van der Waals surface area (Å²) in [6, 6.07) is 2.01. The Morgan fingerprint density at radius 2 is 2.16 bits per heavy atom. The number of rotatable bonds is 3. The van der Waals surface area contributed by atoms with Crippen LogP contribution < -0.4 is 4.74 Å². The van der Waals surface area contributed by atoms with Crippen LogP contribution in [0.1, 0.15) is 51.1 Å². The minimum atomic E-state index is -0.494. The van der Waals surface area contributed by atoms with Crippen molar-refractivity contribution in [1.82, 2.24) is 14.9 Å². The number of amides is 1. The highest BCUT2D eigenvalue weighted by Gasteiger charge is 2.29. The largest absolute Gasteiger partial charge is 0.496 e. The summed E-state index contributed by atoms with van der Waals surface area (Å²) in [5, 5.41) is 0.977. The summed E-state index contributed by atoms with van der Waals surface area (Å²) < 4.78 is 11.1. The number of carbonyl (C=O) groups is 1. The number of aromatic nitrogens is 2. The van der Waals surface area contributed by atoms with Crippen molar-refractivity contribution in [3.8, 4) is 5.75 Å². The number of methoxy groups -OCH3 is 1. The molecule has 0 bridgehead atoms. The standard InChI is InChI=1S/C19H27N3O3/c1-6-7-12-10-15(24-5)16-13-11-22(18(23)25-19(2,3)4)9-8-14(13)21-17(16)20-12/h10H,6-9,11H2,1-5H3,(H,20,21). The van der Waals surface area contributed by atoms with E-state index in [2.05, 4.69) is 11.9 Å². The van der Waals surface area contributed by atoms with E-state index < -0.39 is 5.60 Å². The molecule has 3 rings (SSSR count). The van der Waals surface area contributed by atoms with Gasteiger partial charge in [0.25, 0.3) is 0 Å². The summed E-state index contributed by atoms with van der Waals surface area (Å²) in [5.41, 5.74) is 3.59. The zero-order valence-electron chi connectivity index (χ0n) is 15.7. The van der Waals surface area contributed by atoms with E-state index in [1.165, 1.54) is 0 Å². The van der Waals surface area contributed by atoms with Gasteiger partial charge in [-0.3, -0.25) is 0 Å². The number of nitrogens with zero attached hydrogens (tertiary/aromatic N) is 2. The number of aromatic amines is 1. The van der Waals surface area contributed by atoms with Gasteiger partial charge < -0.3 is 19.4 Å². The fourth-order valence-electron chi connectivity index (χ4n) is 3.26. The highest BCUT2D eigenvalue weighted by atomic mass is 16.6. The third-order valence-electron chi connectivity index (χ3n) is 4.33. The molecule has 0 spiro atoms. The Morgan fingerprint density at radius 1 is 1.40 bits per heavy atom. The molecule has 0 atom stereocenters. The molecule has 136 valence electrons. The van der Waals surface area contributed by atoms with Crippen LogP contribution >= 0.6 is 0 Å². The van der Waals surface area contributed by atoms with Crippen LogP contribution in [0.3, 0.4) is 0 Å². The minimum absolute atomic E-state index is 0.276. The summed E-state index contributed by atoms with van der Waals surface area (Å²) >= 11 is 0. The number of ether oxygens (including phenoxy) is 2. The Balaban J connectivity index is 1.96. The van der Waals surface area contributed by atoms with Crippen molar-refractivity contribution < 1.29 is 14.3 Å². The zero-order chi connectivity index (χ0) is 18.2. The molecular weight excluding hydrogens is 318 g/mol. The first-order chi connectivity index (χ1) is 11.8. The predicted octanol–water partition coefficient (Wildman–Crippen LogP) is 3.82. The smallest absolute Gasteiger partial charge is 0.410 e. The van der Waals surface area contributed by atoms with E-state index in [1.54, 1.807) is 12.0 Å². The van der Waals surface area contributed by atoms with E-state index in [-0.39, 0.29) is 6.09 Å². The average Bonchev–Trinajstić information content (AvgIpc) is 2.90. The molecule has 3 heterocycles. The third kappa shape index (κ3) is 3.57. The van der Waals surface area contributed by atoms with E-state index in [4.69, 9.17) is 14.5 Å². The normalized spacial score (nSPS) is 14.5. The molecular formula is C19H27N3O3. The molecule has 1 aliphatic rings. The monoisotopic (exact) mass is 345 g/mol. The van der Waals surface area contributed by atoms with Gasteiger partial charge >= 0.3 is 6.09 Å². The van der Waals surface area contributed by atoms with Crippen LogP contribution in [0.2, 0.25) is 0 Å². The van der Waals surface area contributed by atoms with Crippen molar-refractivity contribution >= 4 is 17.1 Å². The highest BCUT2D eigenvalue weighted by Crippen LogP contribution is 2.34. The minimum Gasteiger partial charge on any atom is -0.496 e. The Kier molecular flexibility index (Phi) is 4.62. The topological polar surface area (TPSA) is 67.5 Å². The second-order valence-corrected chi connectivity index (χ2v) is 7.52. The van der Waals surface area contributed by atoms with Crippen molar-refractivity contribution in [2.24, 2.45) is 0 Å². The van der Waals surface area contributed by atoms with Crippen LogP contribution in [0.15, 0.2) is 6.07 Å². The number of H-pyrrole nitrogens is 1. The molecule has 0 saturated carbocycles. The molecule has 2 aromatic heterocycles. The van der Waals surface area contributed by atoms with Crippen molar-refractivity contribution in [3.63, 3.8) is 0 Å². The van der Waals surface area contributed by atoms with Gasteiger partial charge in [-0.1, -0.05) is 13.3 Å². The Bertz CT molecular complexity index is 789. The van der Waals surface area contributed by atoms with Crippen molar-refractivity contribution in [2.75, 3.05) is 13.7 Å². The molecule has 0 aromatic carbocycles. The summed E-state index contributed by atoms with van der Waals surface area (Å²) in [5.74, 6) is 0.817. The van der Waals surface area contributed by atoms with Gasteiger partial charge in [0.2, 0.25) is 0 Å². The van der Waals surface area contributed by atoms with Gasteiger partial charge in [-0.2, -0.15) is 0 Å². The Hall–Kier alpha value is -2.24. The highest BCUT2D eigenvalue weighted by molar-refractivity contribution is 5.88. The maximum absolute atomic E-state index is 12.4. The lowest BCUT2D eigenvalue weighted by molar-refractivity contribution is 0.0224. The summed E-state index contributed by atoms with van der Waals surface area (Å²) in [6.07, 6.45) is 2.44. The SMILES string of the molecule is CCCc1cc(OC)c2c3c([nH]c2n1)CCN(C(=O)OC(C)(C)C)C3. The molecule has 0 aliphatic carbocycles. The van der Waals surface area contributed by atoms with E-state index in [1.807, 2.05) is 26.8 Å². The van der Waals surface area contributed by atoms with Crippen LogP contribution in [0, 0.1) is 0 Å². The Morgan fingerprint density at radius 3 is 2.80 bits per heavy atom. The molecule has 1 amide bonds. The van der Waals surface area contributed by atoms with E-state index in [0.717, 1.165) is 53.0 Å². The molecule has 0 radical (unpaired) electrons. The molecule has 6 nitrogen and oxygen atoms in total. The quantitative estimate of drug-likeness (QED) is 0.918. The van der Waals surface area contributed by atoms with Crippen molar-refractivity contribution in [1.29, 1.82) is 0 Å². The second-order valence-electron chi connectivity index (χ2n) is 7.52. The molecule has 1 aliphatic heterocycles. The zero-order valence-corrected chi connectivity index (χ0v) is 15.7. The first kappa shape index (κ1) is 17.6. The summed E-state index contributed by atoms with van der Waals surface area (Å²) in [7, 11) is 1.68. The van der Waals surface area contributed by atoms with Gasteiger partial charge in [0.1, 0.15) is 17.0 Å². The number of pyridine rings is 1. The number of hydrogen-bond acceptors (Lipinski definition) is 4. The van der Waals surface area contributed by atoms with Gasteiger partial charge in [-0.15, -0.1) is 0 Å². The predicted molar refractivity (Wildman–Crippen MR) is 97.0 cm³/mol. The number of carbonyl (C=O) groups excluding carboxylic acids is 1. The second kappa shape index (κ2) is 6.58.